The van der Waals surface area contributed by atoms with E-state index in [-0.39, 0.29) is 87.6 Å². The minimum atomic E-state index is -0.410. The normalized spacial score (nSPS) is 21.2. The molecule has 0 aromatic carbocycles. The Balaban J connectivity index is 1.28. The van der Waals surface area contributed by atoms with Gasteiger partial charge >= 0.3 is 0 Å². The first kappa shape index (κ1) is 128. The molecule has 0 spiro atoms. The van der Waals surface area contributed by atoms with Crippen molar-refractivity contribution >= 4 is 213 Å². The Hall–Kier alpha value is -0.370. The van der Waals surface area contributed by atoms with Gasteiger partial charge in [-0.1, -0.05) is 252 Å². The van der Waals surface area contributed by atoms with Crippen LogP contribution in [0.4, 0.5) is 53.5 Å². The number of hydroxylamine groups is 10. The minimum absolute atomic E-state index is 0.00146. The summed E-state index contributed by atoms with van der Waals surface area (Å²) < 4.78 is 0. The molecule has 5 unspecified atom stereocenters. The van der Waals surface area contributed by atoms with Crippen molar-refractivity contribution in [3.63, 3.8) is 0 Å². The summed E-state index contributed by atoms with van der Waals surface area (Å²) in [6.07, 6.45) is 26.6. The lowest BCUT2D eigenvalue weighted by Crippen LogP contribution is -2.65. The summed E-state index contributed by atoms with van der Waals surface area (Å²) in [5.74, 6) is 6.61. The number of nitrogens with zero attached hydrogens (tertiary/aromatic N) is 23. The Labute approximate surface area is 951 Å². The van der Waals surface area contributed by atoms with Gasteiger partial charge in [0.15, 0.2) is 0 Å². The molecule has 5 fully saturated rings. The van der Waals surface area contributed by atoms with E-state index in [0.29, 0.717) is 50.9 Å². The van der Waals surface area contributed by atoms with E-state index < -0.39 is 22.2 Å². The van der Waals surface area contributed by atoms with Gasteiger partial charge in [0.05, 0.1) is 33.0 Å². The van der Waals surface area contributed by atoms with Crippen LogP contribution in [0.15, 0.2) is 0 Å². The number of hydrogen-bond acceptors (Lipinski definition) is 28. The molecule has 5 aliphatic heterocycles. The Morgan fingerprint density at radius 3 is 0.657 bits per heavy atom. The molecule has 0 saturated carbocycles. The van der Waals surface area contributed by atoms with Crippen molar-refractivity contribution in [1.29, 1.82) is 0 Å². The molecule has 0 amide bonds. The van der Waals surface area contributed by atoms with Crippen molar-refractivity contribution in [3.8, 4) is 0 Å². The second kappa shape index (κ2) is 58.1. The lowest BCUT2D eigenvalue weighted by atomic mass is 9.78. The van der Waals surface area contributed by atoms with Crippen LogP contribution < -0.4 is 44.1 Å². The van der Waals surface area contributed by atoms with E-state index in [1.807, 2.05) is 19.0 Å². The molecule has 5 atom stereocenters. The van der Waals surface area contributed by atoms with Gasteiger partial charge in [0.1, 0.15) is 0 Å². The van der Waals surface area contributed by atoms with Gasteiger partial charge in [0.2, 0.25) is 53.5 Å². The highest BCUT2D eigenvalue weighted by Gasteiger charge is 2.55. The van der Waals surface area contributed by atoms with Crippen molar-refractivity contribution in [1.82, 2.24) is 70.2 Å². The number of halogens is 10. The molecule has 8 rings (SSSR count). The number of unbranched alkanes of at least 4 members (excludes halogenated alkanes) is 11. The van der Waals surface area contributed by atoms with Crippen LogP contribution in [0.25, 0.3) is 0 Å². The number of piperidine rings is 5. The maximum Gasteiger partial charge on any atom is 0.232 e. The number of alkyl halides is 10. The summed E-state index contributed by atoms with van der Waals surface area (Å²) >= 11 is 38.2. The van der Waals surface area contributed by atoms with Gasteiger partial charge < -0.3 is 44.1 Å². The van der Waals surface area contributed by atoms with Gasteiger partial charge in [-0.25, -0.2) is 0 Å². The summed E-state index contributed by atoms with van der Waals surface area (Å²) in [5, 5.41) is 15.4. The van der Waals surface area contributed by atoms with E-state index in [1.54, 1.807) is 0 Å². The van der Waals surface area contributed by atoms with Crippen molar-refractivity contribution in [2.75, 3.05) is 191 Å². The Morgan fingerprint density at radius 1 is 0.245 bits per heavy atom. The van der Waals surface area contributed by atoms with Crippen LogP contribution in [0.2, 0.25) is 0 Å². The maximum absolute atomic E-state index is 7.04. The average Bonchev–Trinajstić information content (AvgIpc) is 0.754. The van der Waals surface area contributed by atoms with Gasteiger partial charge in [-0.05, 0) is 260 Å². The molecule has 8 heterocycles. The molecule has 0 radical (unpaired) electrons. The first-order valence-corrected chi connectivity index (χ1v) is 64.4. The zero-order valence-electron chi connectivity index (χ0n) is 93.6. The second-order valence-electron chi connectivity index (χ2n) is 48.1. The molecule has 5 aliphatic rings. The third-order valence-corrected chi connectivity index (χ3v) is 40.6. The summed E-state index contributed by atoms with van der Waals surface area (Å²) in [6.45, 7) is 68.8. The first-order chi connectivity index (χ1) is 67.1. The Bertz CT molecular complexity index is 3990. The van der Waals surface area contributed by atoms with Gasteiger partial charge in [-0.15, -0.1) is 0 Å². The molecular weight excluding hydrogens is 2460 g/mol. The lowest BCUT2D eigenvalue weighted by molar-refractivity contribution is -0.281. The topological polar surface area (TPSA) is 208 Å². The van der Waals surface area contributed by atoms with E-state index in [1.165, 1.54) is 0 Å². The fourth-order valence-electron chi connectivity index (χ4n) is 23.6. The smallest absolute Gasteiger partial charge is 0.232 e. The monoisotopic (exact) mass is 2640 g/mol. The van der Waals surface area contributed by atoms with Gasteiger partial charge in [0, 0.05) is 223 Å². The number of aromatic nitrogens is 9. The van der Waals surface area contributed by atoms with Gasteiger partial charge in [0.25, 0.3) is 0 Å². The quantitative estimate of drug-likeness (QED) is 0.0380. The SMILES string of the molecule is CCCCN(C)c1nc(N(C)C)nc(N(CCCCCCN(c2nc(N(C)C3CC(C)(C)N(OCC(Br)CBr)C(C)(C)C3)nc(N(CCCCCCN(c3nc(N(CCCC)CCCC)nc(N(CCCC)CCCC)n3)C3CC(C)(C)N(OCC(Br)CBr)C(C)(C)C3)C3CC(C)(C)N(OCC(Br)CBr)C(C)(C)C3)n2)C2CC(C)(C)N(OCC(Br)CBr)C(C)(C)C2)C2CC(C)(C)N(OCC(Br)CBr)C(C)(C)C2)n1. The van der Waals surface area contributed by atoms with E-state index in [2.05, 4.69) is 411 Å². The van der Waals surface area contributed by atoms with E-state index in [9.17, 15) is 0 Å². The molecule has 38 heteroatoms. The predicted molar refractivity (Wildman–Crippen MR) is 638 cm³/mol. The molecule has 826 valence electrons. The van der Waals surface area contributed by atoms with Gasteiger partial charge in [-0.3, -0.25) is 24.2 Å². The largest absolute Gasteiger partial charge is 0.347 e. The van der Waals surface area contributed by atoms with Crippen molar-refractivity contribution in [2.24, 2.45) is 0 Å². The molecule has 5 saturated heterocycles. The van der Waals surface area contributed by atoms with Crippen LogP contribution in [0, 0.1) is 0 Å². The first-order valence-electron chi connectivity index (χ1n) is 54.2. The van der Waals surface area contributed by atoms with Crippen LogP contribution in [-0.2, 0) is 24.2 Å². The molecule has 0 aliphatic carbocycles. The molecule has 0 bridgehead atoms. The summed E-state index contributed by atoms with van der Waals surface area (Å²) in [7, 11) is 8.46. The number of rotatable bonds is 63. The number of hydrogen-bond donors (Lipinski definition) is 0. The molecule has 3 aromatic heterocycles. The molecule has 3 aromatic rings. The molecule has 28 nitrogen and oxygen atoms in total. The highest BCUT2D eigenvalue weighted by atomic mass is 79.9. The molecular formula is C105H191Br10N23O5. The van der Waals surface area contributed by atoms with Crippen molar-refractivity contribution in [2.45, 2.75) is 463 Å². The predicted octanol–water partition coefficient (Wildman–Crippen LogP) is 26.1. The highest BCUT2D eigenvalue weighted by Crippen LogP contribution is 2.50. The van der Waals surface area contributed by atoms with Crippen LogP contribution >= 0.6 is 159 Å². The highest BCUT2D eigenvalue weighted by molar-refractivity contribution is 9.13. The van der Waals surface area contributed by atoms with Crippen molar-refractivity contribution < 1.29 is 24.2 Å². The fourth-order valence-corrected chi connectivity index (χ4v) is 25.1. The summed E-state index contributed by atoms with van der Waals surface area (Å²) in [4.78, 5) is 109. The van der Waals surface area contributed by atoms with Crippen LogP contribution in [-0.4, -0.2) is 327 Å². The van der Waals surface area contributed by atoms with Gasteiger partial charge in [-0.2, -0.15) is 70.2 Å². The van der Waals surface area contributed by atoms with Crippen LogP contribution in [0.5, 0.6) is 0 Å². The van der Waals surface area contributed by atoms with Crippen molar-refractivity contribution in [3.05, 3.63) is 0 Å². The summed E-state index contributed by atoms with van der Waals surface area (Å²) in [6, 6.07) is 0.235. The third-order valence-electron chi connectivity index (χ3n) is 29.4. The van der Waals surface area contributed by atoms with E-state index >= 15 is 0 Å². The zero-order chi connectivity index (χ0) is 106. The van der Waals surface area contributed by atoms with E-state index in [4.69, 9.17) is 69.0 Å². The Kier molecular flexibility index (Phi) is 51.9. The average molecular weight is 2650 g/mol. The molecule has 143 heavy (non-hydrogen) atoms. The fraction of sp³-hybridized carbons (Fsp3) is 0.914. The number of anilines is 9. The Morgan fingerprint density at radius 2 is 0.434 bits per heavy atom. The van der Waals surface area contributed by atoms with E-state index in [0.717, 1.165) is 301 Å². The lowest BCUT2D eigenvalue weighted by Gasteiger charge is -2.56. The summed E-state index contributed by atoms with van der Waals surface area (Å²) in [5.41, 5.74) is -3.68. The van der Waals surface area contributed by atoms with Crippen LogP contribution in [0.3, 0.4) is 0 Å². The third kappa shape index (κ3) is 36.6. The standard InChI is InChI=1S/C105H191Br10N23O5/c1-30-35-48-126(28)88-116-87(125(26)27)117-92(118-88)130(83-59-98(10,11)135(99(12,13)60-83)140-73-78(112)68-107)53-44-40-41-45-54-131(84-61-100(14,15)136(101(16,17)62-84)141-74-79(113)69-108)93-119-89(127(29)82-57-96(6,7)134(97(8,9)58-82)139-72-77(111)67-106)120-94(124-93)132(85-63-102(18,19)137(103(20,21)64-85)142-75-80(114)70-109)55-46-42-43-47-56-133(86-65-104(22,23)138(105(24,25)66-86)143-76-81(115)71-110)95-122-90(128(49-36-31-2)50-37-32-3)121-91(123-95)129(51-38-33-4)52-39-34-5/h77-86H,30-76H2,1-29H3. The molecule has 0 N–H and O–H groups in total. The zero-order valence-corrected chi connectivity index (χ0v) is 109. The minimum Gasteiger partial charge on any atom is -0.347 e. The maximum atomic E-state index is 7.04. The van der Waals surface area contributed by atoms with Crippen LogP contribution in [0.1, 0.15) is 353 Å². The second-order valence-corrected chi connectivity index (χ2v) is 57.8.